The largest absolute Gasteiger partial charge is 1.00 e. The molecular formula is C21H18Br2N2. The van der Waals surface area contributed by atoms with Crippen LogP contribution >= 0.6 is 15.9 Å². The third-order valence-electron chi connectivity index (χ3n) is 4.20. The van der Waals surface area contributed by atoms with E-state index in [0.717, 1.165) is 17.6 Å². The lowest BCUT2D eigenvalue weighted by Gasteiger charge is -2.02. The van der Waals surface area contributed by atoms with Crippen LogP contribution in [0.5, 0.6) is 0 Å². The number of hydrogen-bond acceptors (Lipinski definition) is 0. The molecular weight excluding hydrogens is 440 g/mol. The third-order valence-corrected chi connectivity index (χ3v) is 4.73. The van der Waals surface area contributed by atoms with Gasteiger partial charge in [0.2, 0.25) is 6.33 Å². The van der Waals surface area contributed by atoms with Crippen LogP contribution in [0, 0.1) is 0 Å². The van der Waals surface area contributed by atoms with Crippen molar-refractivity contribution in [1.82, 2.24) is 4.57 Å². The van der Waals surface area contributed by atoms with E-state index in [0.29, 0.717) is 0 Å². The molecule has 1 aromatic heterocycles. The number of rotatable bonds is 4. The van der Waals surface area contributed by atoms with E-state index >= 15 is 0 Å². The summed E-state index contributed by atoms with van der Waals surface area (Å²) in [6.07, 6.45) is 6.42. The maximum Gasteiger partial charge on any atom is 0.244 e. The first-order valence-corrected chi connectivity index (χ1v) is 8.82. The molecule has 0 bridgehead atoms. The van der Waals surface area contributed by atoms with Crippen LogP contribution in [0.25, 0.3) is 10.8 Å². The van der Waals surface area contributed by atoms with Crippen molar-refractivity contribution >= 4 is 26.7 Å². The van der Waals surface area contributed by atoms with Crippen LogP contribution in [0.2, 0.25) is 0 Å². The summed E-state index contributed by atoms with van der Waals surface area (Å²) in [5.41, 5.74) is 2.62. The van der Waals surface area contributed by atoms with Gasteiger partial charge in [-0.05, 0) is 40.1 Å². The van der Waals surface area contributed by atoms with Gasteiger partial charge in [-0.15, -0.1) is 0 Å². The molecule has 0 atom stereocenters. The quantitative estimate of drug-likeness (QED) is 0.413. The lowest BCUT2D eigenvalue weighted by atomic mass is 10.1. The van der Waals surface area contributed by atoms with Crippen molar-refractivity contribution in [2.45, 2.75) is 13.1 Å². The second-order valence-electron chi connectivity index (χ2n) is 6.07. The molecule has 0 amide bonds. The predicted molar refractivity (Wildman–Crippen MR) is 101 cm³/mol. The van der Waals surface area contributed by atoms with Gasteiger partial charge < -0.3 is 17.0 Å². The summed E-state index contributed by atoms with van der Waals surface area (Å²) in [5, 5.41) is 2.59. The molecule has 3 aromatic carbocycles. The molecule has 4 heteroatoms. The first kappa shape index (κ1) is 17.9. The van der Waals surface area contributed by atoms with Crippen LogP contribution in [-0.4, -0.2) is 4.57 Å². The van der Waals surface area contributed by atoms with Crippen LogP contribution in [0.3, 0.4) is 0 Å². The number of aromatic nitrogens is 2. The Hall–Kier alpha value is -1.91. The number of imidazole rings is 1. The van der Waals surface area contributed by atoms with Crippen molar-refractivity contribution in [1.29, 1.82) is 0 Å². The molecule has 4 aromatic rings. The van der Waals surface area contributed by atoms with E-state index in [1.54, 1.807) is 0 Å². The predicted octanol–water partition coefficient (Wildman–Crippen LogP) is 1.79. The minimum atomic E-state index is 0. The number of hydrogen-bond donors (Lipinski definition) is 0. The molecule has 0 aliphatic carbocycles. The number of fused-ring (bicyclic) bond motifs is 1. The lowest BCUT2D eigenvalue weighted by Crippen LogP contribution is -3.00. The molecule has 0 aliphatic heterocycles. The van der Waals surface area contributed by atoms with E-state index in [1.807, 2.05) is 0 Å². The summed E-state index contributed by atoms with van der Waals surface area (Å²) < 4.78 is 5.55. The van der Waals surface area contributed by atoms with Crippen LogP contribution in [0.1, 0.15) is 11.1 Å². The van der Waals surface area contributed by atoms with Gasteiger partial charge in [-0.25, -0.2) is 9.13 Å². The summed E-state index contributed by atoms with van der Waals surface area (Å²) in [4.78, 5) is 0. The summed E-state index contributed by atoms with van der Waals surface area (Å²) in [5.74, 6) is 0. The summed E-state index contributed by atoms with van der Waals surface area (Å²) >= 11 is 3.48. The standard InChI is InChI=1S/C21H18BrN2.BrH/c22-21-9-6-17(7-10-21)14-23-11-12-24(16-23)15-18-5-8-19-3-1-2-4-20(19)13-18;/h1-13,16H,14-15H2;1H/q+1;/p-1. The van der Waals surface area contributed by atoms with Gasteiger partial charge >= 0.3 is 0 Å². The Morgan fingerprint density at radius 1 is 0.840 bits per heavy atom. The topological polar surface area (TPSA) is 8.81 Å². The van der Waals surface area contributed by atoms with Gasteiger partial charge in [0.25, 0.3) is 0 Å². The Morgan fingerprint density at radius 3 is 2.36 bits per heavy atom. The normalized spacial score (nSPS) is 10.6. The zero-order valence-electron chi connectivity index (χ0n) is 13.6. The fraction of sp³-hybridized carbons (Fsp3) is 0.0952. The Balaban J connectivity index is 0.00000182. The molecule has 4 rings (SSSR count). The maximum atomic E-state index is 3.48. The molecule has 25 heavy (non-hydrogen) atoms. The van der Waals surface area contributed by atoms with Crippen LogP contribution in [-0.2, 0) is 13.1 Å². The molecule has 0 radical (unpaired) electrons. The molecule has 0 spiro atoms. The van der Waals surface area contributed by atoms with Crippen LogP contribution in [0.15, 0.2) is 89.9 Å². The third kappa shape index (κ3) is 4.39. The molecule has 2 nitrogen and oxygen atoms in total. The van der Waals surface area contributed by atoms with E-state index < -0.39 is 0 Å². The van der Waals surface area contributed by atoms with Gasteiger partial charge in [0.1, 0.15) is 25.5 Å². The number of halogens is 2. The molecule has 0 unspecified atom stereocenters. The SMILES string of the molecule is Brc1ccc(C[n+]2ccn(Cc3ccc4ccccc4c3)c2)cc1.[Br-]. The van der Waals surface area contributed by atoms with Crippen LogP contribution in [0.4, 0.5) is 0 Å². The average molecular weight is 458 g/mol. The number of benzene rings is 3. The summed E-state index contributed by atoms with van der Waals surface area (Å²) in [6.45, 7) is 1.77. The molecule has 0 aliphatic rings. The molecule has 0 N–H and O–H groups in total. The monoisotopic (exact) mass is 456 g/mol. The highest BCUT2D eigenvalue weighted by Crippen LogP contribution is 2.16. The van der Waals surface area contributed by atoms with Crippen molar-refractivity contribution in [2.75, 3.05) is 0 Å². The fourth-order valence-corrected chi connectivity index (χ4v) is 3.24. The maximum absolute atomic E-state index is 3.48. The van der Waals surface area contributed by atoms with E-state index in [2.05, 4.69) is 111 Å². The van der Waals surface area contributed by atoms with E-state index in [-0.39, 0.29) is 17.0 Å². The van der Waals surface area contributed by atoms with Crippen LogP contribution < -0.4 is 21.5 Å². The van der Waals surface area contributed by atoms with Crippen molar-refractivity contribution in [2.24, 2.45) is 0 Å². The second kappa shape index (κ2) is 7.98. The Labute approximate surface area is 166 Å². The van der Waals surface area contributed by atoms with Gasteiger partial charge in [0, 0.05) is 4.47 Å². The van der Waals surface area contributed by atoms with E-state index in [9.17, 15) is 0 Å². The number of nitrogens with zero attached hydrogens (tertiary/aromatic N) is 2. The minimum absolute atomic E-state index is 0. The van der Waals surface area contributed by atoms with Crippen molar-refractivity contribution in [3.63, 3.8) is 0 Å². The highest BCUT2D eigenvalue weighted by atomic mass is 79.9. The highest BCUT2D eigenvalue weighted by molar-refractivity contribution is 9.10. The Kier molecular flexibility index (Phi) is 5.71. The van der Waals surface area contributed by atoms with Gasteiger partial charge in [-0.3, -0.25) is 0 Å². The molecule has 0 saturated carbocycles. The van der Waals surface area contributed by atoms with Crippen molar-refractivity contribution in [3.8, 4) is 0 Å². The summed E-state index contributed by atoms with van der Waals surface area (Å²) in [6, 6.07) is 23.6. The van der Waals surface area contributed by atoms with E-state index in [1.165, 1.54) is 21.9 Å². The lowest BCUT2D eigenvalue weighted by molar-refractivity contribution is -0.687. The summed E-state index contributed by atoms with van der Waals surface area (Å²) in [7, 11) is 0. The zero-order chi connectivity index (χ0) is 16.4. The van der Waals surface area contributed by atoms with E-state index in [4.69, 9.17) is 0 Å². The average Bonchev–Trinajstić information content (AvgIpc) is 3.04. The molecule has 1 heterocycles. The zero-order valence-corrected chi connectivity index (χ0v) is 16.8. The van der Waals surface area contributed by atoms with Gasteiger partial charge in [-0.2, -0.15) is 0 Å². The first-order chi connectivity index (χ1) is 11.8. The van der Waals surface area contributed by atoms with Gasteiger partial charge in [0.05, 0.1) is 0 Å². The molecule has 0 fully saturated rings. The van der Waals surface area contributed by atoms with Gasteiger partial charge in [0.15, 0.2) is 0 Å². The minimum Gasteiger partial charge on any atom is -1.00 e. The highest BCUT2D eigenvalue weighted by Gasteiger charge is 2.06. The first-order valence-electron chi connectivity index (χ1n) is 8.03. The fourth-order valence-electron chi connectivity index (χ4n) is 2.97. The molecule has 0 saturated heterocycles. The van der Waals surface area contributed by atoms with Crippen molar-refractivity contribution < 1.29 is 21.5 Å². The second-order valence-corrected chi connectivity index (χ2v) is 6.98. The Bertz CT molecular complexity index is 975. The smallest absolute Gasteiger partial charge is 0.244 e. The molecule has 126 valence electrons. The Morgan fingerprint density at radius 2 is 1.56 bits per heavy atom. The van der Waals surface area contributed by atoms with Gasteiger partial charge in [-0.1, -0.05) is 64.5 Å². The van der Waals surface area contributed by atoms with Crippen molar-refractivity contribution in [3.05, 3.63) is 101 Å².